The molecule has 0 aromatic heterocycles. The number of carbonyl (C=O) groups excluding carboxylic acids is 3. The Balaban J connectivity index is 1.47. The third-order valence-electron chi connectivity index (χ3n) is 5.05. The van der Waals surface area contributed by atoms with Gasteiger partial charge in [-0.3, -0.25) is 14.4 Å². The largest absolute Gasteiger partial charge is 0.484 e. The molecule has 0 saturated carbocycles. The van der Waals surface area contributed by atoms with Gasteiger partial charge in [0.1, 0.15) is 5.75 Å². The number of hydrogen-bond acceptors (Lipinski definition) is 5. The van der Waals surface area contributed by atoms with Crippen molar-refractivity contribution in [3.8, 4) is 5.75 Å². The lowest BCUT2D eigenvalue weighted by Crippen LogP contribution is -2.37. The van der Waals surface area contributed by atoms with Gasteiger partial charge in [-0.2, -0.15) is 5.10 Å². The van der Waals surface area contributed by atoms with E-state index in [0.29, 0.717) is 11.3 Å². The van der Waals surface area contributed by atoms with Crippen LogP contribution < -0.4 is 20.8 Å². The van der Waals surface area contributed by atoms with Crippen molar-refractivity contribution in [1.82, 2.24) is 10.7 Å². The summed E-state index contributed by atoms with van der Waals surface area (Å²) in [5.74, 6) is -1.46. The summed E-state index contributed by atoms with van der Waals surface area (Å²) in [7, 11) is 0. The molecule has 8 nitrogen and oxygen atoms in total. The molecule has 180 valence electrons. The van der Waals surface area contributed by atoms with Crippen molar-refractivity contribution in [2.24, 2.45) is 5.10 Å². The maximum Gasteiger partial charge on any atom is 0.329 e. The molecule has 0 fully saturated rings. The monoisotopic (exact) mass is 472 g/mol. The normalized spacial score (nSPS) is 10.6. The van der Waals surface area contributed by atoms with E-state index in [1.165, 1.54) is 6.21 Å². The van der Waals surface area contributed by atoms with E-state index in [-0.39, 0.29) is 19.1 Å². The Kier molecular flexibility index (Phi) is 8.72. The lowest BCUT2D eigenvalue weighted by Gasteiger charge is -2.13. The molecule has 35 heavy (non-hydrogen) atoms. The van der Waals surface area contributed by atoms with Crippen molar-refractivity contribution in [2.75, 3.05) is 11.9 Å². The number of nitrogens with one attached hydrogen (secondary N) is 3. The molecule has 3 N–H and O–H groups in total. The minimum absolute atomic E-state index is 0.161. The van der Waals surface area contributed by atoms with Crippen molar-refractivity contribution in [2.45, 2.75) is 27.3 Å². The van der Waals surface area contributed by atoms with Gasteiger partial charge in [-0.1, -0.05) is 60.2 Å². The summed E-state index contributed by atoms with van der Waals surface area (Å²) in [5, 5.41) is 9.24. The molecular weight excluding hydrogens is 444 g/mol. The van der Waals surface area contributed by atoms with Crippen LogP contribution in [0, 0.1) is 20.8 Å². The molecule has 0 aliphatic heterocycles. The number of amides is 3. The first-order valence-corrected chi connectivity index (χ1v) is 11.1. The van der Waals surface area contributed by atoms with E-state index < -0.39 is 11.8 Å². The molecule has 3 amide bonds. The van der Waals surface area contributed by atoms with Crippen LogP contribution in [0.5, 0.6) is 5.75 Å². The van der Waals surface area contributed by atoms with E-state index >= 15 is 0 Å². The smallest absolute Gasteiger partial charge is 0.329 e. The number of ether oxygens (including phenoxy) is 1. The third-order valence-corrected chi connectivity index (χ3v) is 5.05. The molecule has 3 aromatic carbocycles. The van der Waals surface area contributed by atoms with Crippen LogP contribution in [0.15, 0.2) is 71.8 Å². The maximum atomic E-state index is 12.4. The summed E-state index contributed by atoms with van der Waals surface area (Å²) in [5.41, 5.74) is 7.60. The molecule has 0 heterocycles. The number of carbonyl (C=O) groups is 3. The predicted octanol–water partition coefficient (Wildman–Crippen LogP) is 3.40. The van der Waals surface area contributed by atoms with Gasteiger partial charge in [0.2, 0.25) is 0 Å². The summed E-state index contributed by atoms with van der Waals surface area (Å²) >= 11 is 0. The van der Waals surface area contributed by atoms with Crippen LogP contribution in [0.2, 0.25) is 0 Å². The highest BCUT2D eigenvalue weighted by atomic mass is 16.5. The van der Waals surface area contributed by atoms with Gasteiger partial charge in [0.15, 0.2) is 6.61 Å². The fourth-order valence-electron chi connectivity index (χ4n) is 3.46. The Morgan fingerprint density at radius 1 is 0.886 bits per heavy atom. The van der Waals surface area contributed by atoms with Crippen LogP contribution in [0.4, 0.5) is 5.69 Å². The highest BCUT2D eigenvalue weighted by Gasteiger charge is 2.12. The van der Waals surface area contributed by atoms with E-state index in [2.05, 4.69) is 21.2 Å². The standard InChI is InChI=1S/C27H28N4O4/c1-18-12-19(2)25(20(3)13-18)30-24(32)17-35-23-11-7-10-22(14-23)16-29-31-27(34)26(33)28-15-21-8-5-4-6-9-21/h4-14,16H,15,17H2,1-3H3,(H,28,33)(H,30,32)(H,31,34)/b29-16-. The summed E-state index contributed by atoms with van der Waals surface area (Å²) in [6, 6.07) is 20.1. The second kappa shape index (κ2) is 12.1. The molecular formula is C27H28N4O4. The number of nitrogens with zero attached hydrogens (tertiary/aromatic N) is 1. The van der Waals surface area contributed by atoms with E-state index in [1.54, 1.807) is 24.3 Å². The number of benzene rings is 3. The minimum atomic E-state index is -0.872. The van der Waals surface area contributed by atoms with Gasteiger partial charge < -0.3 is 15.4 Å². The SMILES string of the molecule is Cc1cc(C)c(NC(=O)COc2cccc(/C=N\NC(=O)C(=O)NCc3ccccc3)c2)c(C)c1. The van der Waals surface area contributed by atoms with Gasteiger partial charge in [-0.15, -0.1) is 0 Å². The molecule has 0 aliphatic carbocycles. The molecule has 0 unspecified atom stereocenters. The number of hydrazone groups is 1. The Morgan fingerprint density at radius 2 is 1.60 bits per heavy atom. The van der Waals surface area contributed by atoms with E-state index in [0.717, 1.165) is 27.9 Å². The zero-order valence-corrected chi connectivity index (χ0v) is 19.9. The Morgan fingerprint density at radius 3 is 2.31 bits per heavy atom. The zero-order valence-electron chi connectivity index (χ0n) is 19.9. The van der Waals surface area contributed by atoms with E-state index in [9.17, 15) is 14.4 Å². The molecule has 3 rings (SSSR count). The summed E-state index contributed by atoms with van der Waals surface area (Å²) in [6.07, 6.45) is 1.38. The average molecular weight is 473 g/mol. The summed E-state index contributed by atoms with van der Waals surface area (Å²) in [4.78, 5) is 36.2. The fraction of sp³-hybridized carbons (Fsp3) is 0.185. The average Bonchev–Trinajstić information content (AvgIpc) is 2.84. The van der Waals surface area contributed by atoms with Crippen molar-refractivity contribution in [3.05, 3.63) is 94.5 Å². The quantitative estimate of drug-likeness (QED) is 0.265. The van der Waals surface area contributed by atoms with Crippen LogP contribution in [-0.4, -0.2) is 30.5 Å². The van der Waals surface area contributed by atoms with Crippen LogP contribution in [0.1, 0.15) is 27.8 Å². The van der Waals surface area contributed by atoms with Crippen molar-refractivity contribution in [3.63, 3.8) is 0 Å². The van der Waals surface area contributed by atoms with E-state index in [1.807, 2.05) is 63.2 Å². The second-order valence-corrected chi connectivity index (χ2v) is 8.05. The van der Waals surface area contributed by atoms with Gasteiger partial charge in [0.25, 0.3) is 5.91 Å². The van der Waals surface area contributed by atoms with Gasteiger partial charge >= 0.3 is 11.8 Å². The maximum absolute atomic E-state index is 12.4. The molecule has 0 spiro atoms. The van der Waals surface area contributed by atoms with Crippen LogP contribution >= 0.6 is 0 Å². The van der Waals surface area contributed by atoms with E-state index in [4.69, 9.17) is 4.74 Å². The van der Waals surface area contributed by atoms with Crippen molar-refractivity contribution in [1.29, 1.82) is 0 Å². The highest BCUT2D eigenvalue weighted by Crippen LogP contribution is 2.22. The number of anilines is 1. The molecule has 0 bridgehead atoms. The summed E-state index contributed by atoms with van der Waals surface area (Å²) in [6.45, 7) is 5.99. The topological polar surface area (TPSA) is 109 Å². The molecule has 3 aromatic rings. The lowest BCUT2D eigenvalue weighted by atomic mass is 10.1. The first-order valence-electron chi connectivity index (χ1n) is 11.1. The first kappa shape index (κ1) is 25.2. The third kappa shape index (κ3) is 7.82. The Hall–Kier alpha value is -4.46. The summed E-state index contributed by atoms with van der Waals surface area (Å²) < 4.78 is 5.60. The molecule has 0 aliphatic rings. The Labute approximate surface area is 204 Å². The second-order valence-electron chi connectivity index (χ2n) is 8.05. The zero-order chi connectivity index (χ0) is 25.2. The van der Waals surface area contributed by atoms with Crippen LogP contribution in [-0.2, 0) is 20.9 Å². The van der Waals surface area contributed by atoms with Crippen molar-refractivity contribution >= 4 is 29.6 Å². The van der Waals surface area contributed by atoms with Crippen LogP contribution in [0.3, 0.4) is 0 Å². The lowest BCUT2D eigenvalue weighted by molar-refractivity contribution is -0.139. The van der Waals surface area contributed by atoms with Gasteiger partial charge in [0, 0.05) is 12.2 Å². The molecule has 0 radical (unpaired) electrons. The van der Waals surface area contributed by atoms with Gasteiger partial charge in [-0.05, 0) is 55.2 Å². The number of hydrogen-bond donors (Lipinski definition) is 3. The highest BCUT2D eigenvalue weighted by molar-refractivity contribution is 6.35. The Bertz CT molecular complexity index is 1220. The van der Waals surface area contributed by atoms with Gasteiger partial charge in [0.05, 0.1) is 6.21 Å². The van der Waals surface area contributed by atoms with Crippen molar-refractivity contribution < 1.29 is 19.1 Å². The van der Waals surface area contributed by atoms with Crippen LogP contribution in [0.25, 0.3) is 0 Å². The molecule has 0 atom stereocenters. The predicted molar refractivity (Wildman–Crippen MR) is 135 cm³/mol. The fourth-order valence-corrected chi connectivity index (χ4v) is 3.46. The number of rotatable bonds is 8. The number of aryl methyl sites for hydroxylation is 3. The molecule has 8 heteroatoms. The van der Waals surface area contributed by atoms with Gasteiger partial charge in [-0.25, -0.2) is 5.43 Å². The molecule has 0 saturated heterocycles. The minimum Gasteiger partial charge on any atom is -0.484 e. The first-order chi connectivity index (χ1) is 16.8.